The number of fused-ring (bicyclic) bond motifs is 1. The van der Waals surface area contributed by atoms with Gasteiger partial charge in [-0.2, -0.15) is 0 Å². The van der Waals surface area contributed by atoms with Crippen LogP contribution in [0.25, 0.3) is 0 Å². The monoisotopic (exact) mass is 226 g/mol. The van der Waals surface area contributed by atoms with Crippen LogP contribution < -0.4 is 0 Å². The highest BCUT2D eigenvalue weighted by Gasteiger charge is 2.57. The molecule has 1 saturated heterocycles. The van der Waals surface area contributed by atoms with Gasteiger partial charge in [0, 0.05) is 12.8 Å². The average molecular weight is 226 g/mol. The average Bonchev–Trinajstić information content (AvgIpc) is 2.37. The number of hydrogen-bond acceptors (Lipinski definition) is 4. The molecule has 90 valence electrons. The normalized spacial score (nSPS) is 42.4. The summed E-state index contributed by atoms with van der Waals surface area (Å²) in [4.78, 5) is 22.9. The van der Waals surface area contributed by atoms with Gasteiger partial charge in [-0.15, -0.1) is 0 Å². The zero-order chi connectivity index (χ0) is 11.9. The zero-order valence-electron chi connectivity index (χ0n) is 9.99. The molecule has 1 unspecified atom stereocenters. The van der Waals surface area contributed by atoms with E-state index < -0.39 is 11.6 Å². The molecule has 0 N–H and O–H groups in total. The maximum Gasteiger partial charge on any atom is 0.351 e. The number of carbonyl (C=O) groups excluding carboxylic acids is 2. The van der Waals surface area contributed by atoms with E-state index in [2.05, 4.69) is 6.92 Å². The van der Waals surface area contributed by atoms with Gasteiger partial charge in [0.05, 0.1) is 0 Å². The predicted octanol–water partition coefficient (Wildman–Crippen LogP) is 1.67. The summed E-state index contributed by atoms with van der Waals surface area (Å²) in [7, 11) is 0. The molecule has 0 aromatic heterocycles. The highest BCUT2D eigenvalue weighted by Crippen LogP contribution is 2.44. The van der Waals surface area contributed by atoms with Crippen molar-refractivity contribution in [2.75, 3.05) is 0 Å². The van der Waals surface area contributed by atoms with Gasteiger partial charge in [-0.05, 0) is 25.7 Å². The molecule has 1 heterocycles. The Labute approximate surface area is 95.3 Å². The van der Waals surface area contributed by atoms with E-state index in [0.717, 1.165) is 19.3 Å². The lowest BCUT2D eigenvalue weighted by Gasteiger charge is -2.33. The molecule has 0 amide bonds. The molecule has 4 heteroatoms. The topological polar surface area (TPSA) is 52.6 Å². The van der Waals surface area contributed by atoms with E-state index in [1.54, 1.807) is 6.92 Å². The Hall–Kier alpha value is -1.06. The van der Waals surface area contributed by atoms with E-state index in [4.69, 9.17) is 9.47 Å². The van der Waals surface area contributed by atoms with E-state index >= 15 is 0 Å². The lowest BCUT2D eigenvalue weighted by atomic mass is 9.74. The lowest BCUT2D eigenvalue weighted by molar-refractivity contribution is -0.172. The van der Waals surface area contributed by atoms with Crippen LogP contribution in [-0.2, 0) is 19.1 Å². The molecule has 4 atom stereocenters. The van der Waals surface area contributed by atoms with Gasteiger partial charge in [0.2, 0.25) is 5.60 Å². The molecule has 0 radical (unpaired) electrons. The molecule has 2 aliphatic rings. The largest absolute Gasteiger partial charge is 0.459 e. The molecule has 0 aromatic carbocycles. The Morgan fingerprint density at radius 1 is 1.50 bits per heavy atom. The molecule has 1 aliphatic heterocycles. The van der Waals surface area contributed by atoms with Crippen molar-refractivity contribution < 1.29 is 19.1 Å². The Balaban J connectivity index is 2.20. The van der Waals surface area contributed by atoms with Gasteiger partial charge in [0.1, 0.15) is 6.10 Å². The molecular weight excluding hydrogens is 208 g/mol. The van der Waals surface area contributed by atoms with Gasteiger partial charge < -0.3 is 9.47 Å². The lowest BCUT2D eigenvalue weighted by Crippen LogP contribution is -2.44. The summed E-state index contributed by atoms with van der Waals surface area (Å²) >= 11 is 0. The quantitative estimate of drug-likeness (QED) is 0.638. The molecule has 1 aliphatic carbocycles. The van der Waals surface area contributed by atoms with Crippen molar-refractivity contribution in [2.24, 2.45) is 11.8 Å². The van der Waals surface area contributed by atoms with E-state index in [1.807, 2.05) is 0 Å². The standard InChI is InChI=1S/C12H18O4/c1-7-4-5-9-10(6-7)15-11(14)12(9,3)16-8(2)13/h7,9-10H,4-6H2,1-3H3/t7-,9?,10-,12-/m1/s1. The molecule has 0 bridgehead atoms. The second-order valence-electron chi connectivity index (χ2n) is 5.17. The van der Waals surface area contributed by atoms with Crippen molar-refractivity contribution in [1.29, 1.82) is 0 Å². The van der Waals surface area contributed by atoms with E-state index in [0.29, 0.717) is 5.92 Å². The SMILES string of the molecule is CC(=O)O[C@@]1(C)C(=O)O[C@@H]2C[C@H](C)CCC21. The highest BCUT2D eigenvalue weighted by atomic mass is 16.6. The van der Waals surface area contributed by atoms with Gasteiger partial charge >= 0.3 is 11.9 Å². The number of esters is 2. The number of carbonyl (C=O) groups is 2. The Kier molecular flexibility index (Phi) is 2.68. The van der Waals surface area contributed by atoms with Crippen LogP contribution in [-0.4, -0.2) is 23.6 Å². The van der Waals surface area contributed by atoms with Crippen molar-refractivity contribution in [1.82, 2.24) is 0 Å². The summed E-state index contributed by atoms with van der Waals surface area (Å²) in [5.41, 5.74) is -1.06. The predicted molar refractivity (Wildman–Crippen MR) is 56.6 cm³/mol. The second kappa shape index (κ2) is 3.75. The minimum atomic E-state index is -1.06. The van der Waals surface area contributed by atoms with Crippen LogP contribution >= 0.6 is 0 Å². The van der Waals surface area contributed by atoms with Gasteiger partial charge in [-0.1, -0.05) is 13.3 Å². The Morgan fingerprint density at radius 3 is 2.81 bits per heavy atom. The first-order chi connectivity index (χ1) is 7.43. The number of rotatable bonds is 1. The molecular formula is C12H18O4. The van der Waals surface area contributed by atoms with Crippen LogP contribution in [0.1, 0.15) is 40.0 Å². The van der Waals surface area contributed by atoms with E-state index in [9.17, 15) is 9.59 Å². The maximum absolute atomic E-state index is 11.8. The minimum absolute atomic E-state index is 0.0279. The summed E-state index contributed by atoms with van der Waals surface area (Å²) < 4.78 is 10.5. The van der Waals surface area contributed by atoms with Crippen molar-refractivity contribution in [3.8, 4) is 0 Å². The Bertz CT molecular complexity index is 325. The van der Waals surface area contributed by atoms with Crippen molar-refractivity contribution in [3.05, 3.63) is 0 Å². The molecule has 2 fully saturated rings. The van der Waals surface area contributed by atoms with Crippen LogP contribution in [0.2, 0.25) is 0 Å². The first-order valence-corrected chi connectivity index (χ1v) is 5.84. The van der Waals surface area contributed by atoms with Crippen LogP contribution in [0.3, 0.4) is 0 Å². The fourth-order valence-electron chi connectivity index (χ4n) is 2.91. The van der Waals surface area contributed by atoms with Crippen LogP contribution in [0.15, 0.2) is 0 Å². The van der Waals surface area contributed by atoms with Gasteiger partial charge in [-0.3, -0.25) is 4.79 Å². The molecule has 16 heavy (non-hydrogen) atoms. The summed E-state index contributed by atoms with van der Waals surface area (Å²) in [5, 5.41) is 0. The van der Waals surface area contributed by atoms with Gasteiger partial charge in [0.15, 0.2) is 0 Å². The molecule has 0 aromatic rings. The second-order valence-corrected chi connectivity index (χ2v) is 5.17. The van der Waals surface area contributed by atoms with E-state index in [1.165, 1.54) is 6.92 Å². The van der Waals surface area contributed by atoms with Crippen molar-refractivity contribution in [2.45, 2.75) is 51.7 Å². The third kappa shape index (κ3) is 1.70. The summed E-state index contributed by atoms with van der Waals surface area (Å²) in [6.45, 7) is 5.17. The third-order valence-corrected chi connectivity index (χ3v) is 3.78. The summed E-state index contributed by atoms with van der Waals surface area (Å²) in [6, 6.07) is 0. The van der Waals surface area contributed by atoms with Crippen LogP contribution in [0.4, 0.5) is 0 Å². The third-order valence-electron chi connectivity index (χ3n) is 3.78. The first-order valence-electron chi connectivity index (χ1n) is 5.84. The molecule has 0 spiro atoms. The fourth-order valence-corrected chi connectivity index (χ4v) is 2.91. The van der Waals surface area contributed by atoms with Crippen molar-refractivity contribution in [3.63, 3.8) is 0 Å². The number of ether oxygens (including phenoxy) is 2. The molecule has 1 saturated carbocycles. The summed E-state index contributed by atoms with van der Waals surface area (Å²) in [5.74, 6) is -0.195. The van der Waals surface area contributed by atoms with Crippen LogP contribution in [0, 0.1) is 11.8 Å². The fraction of sp³-hybridized carbons (Fsp3) is 0.833. The van der Waals surface area contributed by atoms with Crippen LogP contribution in [0.5, 0.6) is 0 Å². The van der Waals surface area contributed by atoms with Crippen molar-refractivity contribution >= 4 is 11.9 Å². The highest BCUT2D eigenvalue weighted by molar-refractivity contribution is 5.85. The first kappa shape index (κ1) is 11.4. The minimum Gasteiger partial charge on any atom is -0.459 e. The molecule has 4 nitrogen and oxygen atoms in total. The Morgan fingerprint density at radius 2 is 2.19 bits per heavy atom. The summed E-state index contributed by atoms with van der Waals surface area (Å²) in [6.07, 6.45) is 2.77. The van der Waals surface area contributed by atoms with Gasteiger partial charge in [0.25, 0.3) is 0 Å². The number of hydrogen-bond donors (Lipinski definition) is 0. The smallest absolute Gasteiger partial charge is 0.351 e. The van der Waals surface area contributed by atoms with Gasteiger partial charge in [-0.25, -0.2) is 4.79 Å². The van der Waals surface area contributed by atoms with E-state index in [-0.39, 0.29) is 18.0 Å². The maximum atomic E-state index is 11.8. The zero-order valence-corrected chi connectivity index (χ0v) is 9.99. The molecule has 2 rings (SSSR count).